The van der Waals surface area contributed by atoms with Gasteiger partial charge in [0.15, 0.2) is 5.75 Å². The first-order valence-corrected chi connectivity index (χ1v) is 6.40. The smallest absolute Gasteiger partial charge is 0.339 e. The number of halogens is 1. The van der Waals surface area contributed by atoms with Crippen LogP contribution >= 0.6 is 11.6 Å². The number of para-hydroxylation sites is 1. The van der Waals surface area contributed by atoms with Gasteiger partial charge in [-0.1, -0.05) is 23.7 Å². The lowest BCUT2D eigenvalue weighted by Gasteiger charge is -2.10. The largest absolute Gasteiger partial charge is 0.505 e. The van der Waals surface area contributed by atoms with E-state index in [0.717, 1.165) is 0 Å². The zero-order chi connectivity index (χ0) is 15.6. The molecule has 0 saturated carbocycles. The Morgan fingerprint density at radius 1 is 1.14 bits per heavy atom. The summed E-state index contributed by atoms with van der Waals surface area (Å²) in [6, 6.07) is 8.96. The molecule has 0 spiro atoms. The van der Waals surface area contributed by atoms with Crippen LogP contribution in [-0.4, -0.2) is 22.1 Å². The number of phenols is 1. The third-order valence-corrected chi connectivity index (χ3v) is 3.19. The highest BCUT2D eigenvalue weighted by Gasteiger charge is 2.16. The van der Waals surface area contributed by atoms with E-state index in [1.807, 2.05) is 0 Å². The number of benzene rings is 2. The van der Waals surface area contributed by atoms with E-state index in [2.05, 4.69) is 5.32 Å². The molecular weight excluding hydrogens is 294 g/mol. The Labute approximate surface area is 125 Å². The lowest BCUT2D eigenvalue weighted by atomic mass is 10.1. The summed E-state index contributed by atoms with van der Waals surface area (Å²) in [5.74, 6) is -2.24. The SMILES string of the molecule is Cc1ccc(Cl)cc1C(=O)Nc1cccc(C(=O)O)c1O. The lowest BCUT2D eigenvalue weighted by Crippen LogP contribution is -2.14. The van der Waals surface area contributed by atoms with Gasteiger partial charge in [0.1, 0.15) is 5.56 Å². The summed E-state index contributed by atoms with van der Waals surface area (Å²) in [7, 11) is 0. The number of carboxylic acids is 1. The maximum absolute atomic E-state index is 12.2. The van der Waals surface area contributed by atoms with Crippen LogP contribution in [0.25, 0.3) is 0 Å². The number of hydrogen-bond acceptors (Lipinski definition) is 3. The Hall–Kier alpha value is -2.53. The van der Waals surface area contributed by atoms with Crippen molar-refractivity contribution in [3.8, 4) is 5.75 Å². The Morgan fingerprint density at radius 2 is 1.86 bits per heavy atom. The average molecular weight is 306 g/mol. The summed E-state index contributed by atoms with van der Waals surface area (Å²) in [6.45, 7) is 1.75. The summed E-state index contributed by atoms with van der Waals surface area (Å²) in [6.07, 6.45) is 0. The number of anilines is 1. The number of carbonyl (C=O) groups is 2. The fourth-order valence-corrected chi connectivity index (χ4v) is 2.02. The average Bonchev–Trinajstić information content (AvgIpc) is 2.43. The van der Waals surface area contributed by atoms with E-state index in [1.54, 1.807) is 19.1 Å². The van der Waals surface area contributed by atoms with Crippen LogP contribution in [0.3, 0.4) is 0 Å². The molecule has 3 N–H and O–H groups in total. The lowest BCUT2D eigenvalue weighted by molar-refractivity contribution is 0.0693. The molecule has 0 aliphatic carbocycles. The van der Waals surface area contributed by atoms with Crippen molar-refractivity contribution in [2.45, 2.75) is 6.92 Å². The third-order valence-electron chi connectivity index (χ3n) is 2.96. The number of carboxylic acid groups (broad SMARTS) is 1. The molecule has 0 atom stereocenters. The first-order valence-electron chi connectivity index (χ1n) is 6.03. The summed E-state index contributed by atoms with van der Waals surface area (Å²) < 4.78 is 0. The maximum atomic E-state index is 12.2. The number of aromatic carboxylic acids is 1. The molecule has 0 bridgehead atoms. The first kappa shape index (κ1) is 14.9. The molecule has 0 fully saturated rings. The molecule has 108 valence electrons. The van der Waals surface area contributed by atoms with E-state index < -0.39 is 17.6 Å². The van der Waals surface area contributed by atoms with E-state index in [1.165, 1.54) is 24.3 Å². The van der Waals surface area contributed by atoms with Crippen LogP contribution in [0.15, 0.2) is 36.4 Å². The molecule has 2 rings (SSSR count). The van der Waals surface area contributed by atoms with Crippen molar-refractivity contribution in [3.05, 3.63) is 58.1 Å². The molecule has 0 aliphatic rings. The van der Waals surface area contributed by atoms with Crippen LogP contribution in [0.2, 0.25) is 5.02 Å². The second kappa shape index (κ2) is 5.85. The number of aromatic hydroxyl groups is 1. The molecule has 0 aromatic heterocycles. The summed E-state index contributed by atoms with van der Waals surface area (Å²) in [5.41, 5.74) is 0.809. The zero-order valence-electron chi connectivity index (χ0n) is 11.1. The van der Waals surface area contributed by atoms with Gasteiger partial charge in [0, 0.05) is 10.6 Å². The highest BCUT2D eigenvalue weighted by Crippen LogP contribution is 2.28. The summed E-state index contributed by atoms with van der Waals surface area (Å²) in [4.78, 5) is 23.1. The first-order chi connectivity index (χ1) is 9.90. The molecule has 0 saturated heterocycles. The molecule has 1 amide bonds. The van der Waals surface area contributed by atoms with Crippen LogP contribution in [-0.2, 0) is 0 Å². The summed E-state index contributed by atoms with van der Waals surface area (Å²) in [5, 5.41) is 21.7. The van der Waals surface area contributed by atoms with Gasteiger partial charge in [-0.3, -0.25) is 4.79 Å². The Morgan fingerprint density at radius 3 is 2.52 bits per heavy atom. The van der Waals surface area contributed by atoms with Crippen LogP contribution in [0, 0.1) is 6.92 Å². The predicted octanol–water partition coefficient (Wildman–Crippen LogP) is 3.30. The van der Waals surface area contributed by atoms with E-state index in [4.69, 9.17) is 16.7 Å². The van der Waals surface area contributed by atoms with Gasteiger partial charge in [-0.25, -0.2) is 4.79 Å². The minimum absolute atomic E-state index is 0.0271. The summed E-state index contributed by atoms with van der Waals surface area (Å²) >= 11 is 5.85. The van der Waals surface area contributed by atoms with Crippen molar-refractivity contribution in [1.29, 1.82) is 0 Å². The quantitative estimate of drug-likeness (QED) is 0.759. The van der Waals surface area contributed by atoms with E-state index in [9.17, 15) is 14.7 Å². The molecule has 0 heterocycles. The Kier molecular flexibility index (Phi) is 4.14. The minimum Gasteiger partial charge on any atom is -0.505 e. The van der Waals surface area contributed by atoms with Gasteiger partial charge >= 0.3 is 5.97 Å². The Balaban J connectivity index is 2.34. The van der Waals surface area contributed by atoms with Crippen LogP contribution in [0.4, 0.5) is 5.69 Å². The minimum atomic E-state index is -1.28. The van der Waals surface area contributed by atoms with Crippen LogP contribution in [0.5, 0.6) is 5.75 Å². The molecule has 5 nitrogen and oxygen atoms in total. The second-order valence-corrected chi connectivity index (χ2v) is 4.86. The number of nitrogens with one attached hydrogen (secondary N) is 1. The second-order valence-electron chi connectivity index (χ2n) is 4.42. The number of hydrogen-bond donors (Lipinski definition) is 3. The van der Waals surface area contributed by atoms with Crippen molar-refractivity contribution in [1.82, 2.24) is 0 Å². The normalized spacial score (nSPS) is 10.2. The van der Waals surface area contributed by atoms with Gasteiger partial charge in [0.2, 0.25) is 0 Å². The molecular formula is C15H12ClNO4. The highest BCUT2D eigenvalue weighted by atomic mass is 35.5. The molecule has 2 aromatic carbocycles. The van der Waals surface area contributed by atoms with Crippen molar-refractivity contribution in [2.75, 3.05) is 5.32 Å². The standard InChI is InChI=1S/C15H12ClNO4/c1-8-5-6-9(16)7-11(8)14(19)17-12-4-2-3-10(13(12)18)15(20)21/h2-7,18H,1H3,(H,17,19)(H,20,21). The highest BCUT2D eigenvalue weighted by molar-refractivity contribution is 6.31. The van der Waals surface area contributed by atoms with Gasteiger partial charge in [-0.2, -0.15) is 0 Å². The van der Waals surface area contributed by atoms with Gasteiger partial charge in [0.25, 0.3) is 5.91 Å². The van der Waals surface area contributed by atoms with E-state index in [-0.39, 0.29) is 11.3 Å². The number of amides is 1. The van der Waals surface area contributed by atoms with Crippen molar-refractivity contribution >= 4 is 29.2 Å². The molecule has 21 heavy (non-hydrogen) atoms. The Bertz CT molecular complexity index is 728. The van der Waals surface area contributed by atoms with Crippen LogP contribution < -0.4 is 5.32 Å². The molecule has 2 aromatic rings. The fraction of sp³-hybridized carbons (Fsp3) is 0.0667. The van der Waals surface area contributed by atoms with E-state index in [0.29, 0.717) is 16.1 Å². The van der Waals surface area contributed by atoms with Crippen molar-refractivity contribution < 1.29 is 19.8 Å². The molecule has 0 unspecified atom stereocenters. The maximum Gasteiger partial charge on any atom is 0.339 e. The van der Waals surface area contributed by atoms with Gasteiger partial charge < -0.3 is 15.5 Å². The molecule has 0 aliphatic heterocycles. The number of aryl methyl sites for hydroxylation is 1. The fourth-order valence-electron chi connectivity index (χ4n) is 1.85. The number of rotatable bonds is 3. The van der Waals surface area contributed by atoms with Gasteiger partial charge in [-0.05, 0) is 36.8 Å². The third kappa shape index (κ3) is 3.14. The zero-order valence-corrected chi connectivity index (χ0v) is 11.8. The number of carbonyl (C=O) groups excluding carboxylic acids is 1. The molecule has 6 heteroatoms. The predicted molar refractivity (Wildman–Crippen MR) is 79.2 cm³/mol. The van der Waals surface area contributed by atoms with Gasteiger partial charge in [-0.15, -0.1) is 0 Å². The molecule has 0 radical (unpaired) electrons. The van der Waals surface area contributed by atoms with Crippen LogP contribution in [0.1, 0.15) is 26.3 Å². The van der Waals surface area contributed by atoms with Gasteiger partial charge in [0.05, 0.1) is 5.69 Å². The van der Waals surface area contributed by atoms with Crippen molar-refractivity contribution in [3.63, 3.8) is 0 Å². The topological polar surface area (TPSA) is 86.6 Å². The monoisotopic (exact) mass is 305 g/mol. The van der Waals surface area contributed by atoms with E-state index >= 15 is 0 Å². The van der Waals surface area contributed by atoms with Crippen molar-refractivity contribution in [2.24, 2.45) is 0 Å².